The zero-order valence-electron chi connectivity index (χ0n) is 10.2. The van der Waals surface area contributed by atoms with E-state index in [-0.39, 0.29) is 12.1 Å². The van der Waals surface area contributed by atoms with Crippen molar-refractivity contribution in [3.63, 3.8) is 0 Å². The molecule has 1 amide bonds. The minimum absolute atomic E-state index is 0.118. The molecule has 1 aliphatic heterocycles. The molecule has 0 radical (unpaired) electrons. The van der Waals surface area contributed by atoms with E-state index in [1.54, 1.807) is 4.90 Å². The average molecular weight is 244 g/mol. The number of thiocarbonyl (C=S) groups is 1. The third-order valence-corrected chi connectivity index (χ3v) is 2.61. The summed E-state index contributed by atoms with van der Waals surface area (Å²) in [5.74, 6) is 0. The Morgan fingerprint density at radius 2 is 2.19 bits per heavy atom. The Morgan fingerprint density at radius 1 is 1.56 bits per heavy atom. The second-order valence-corrected chi connectivity index (χ2v) is 5.66. The lowest BCUT2D eigenvalue weighted by atomic mass is 10.1. The molecular formula is C11H20N2O2S. The fourth-order valence-electron chi connectivity index (χ4n) is 1.84. The fourth-order valence-corrected chi connectivity index (χ4v) is 2.03. The van der Waals surface area contributed by atoms with Crippen molar-refractivity contribution in [1.82, 2.24) is 4.90 Å². The molecule has 0 saturated carbocycles. The van der Waals surface area contributed by atoms with Gasteiger partial charge in [-0.2, -0.15) is 0 Å². The zero-order chi connectivity index (χ0) is 12.3. The summed E-state index contributed by atoms with van der Waals surface area (Å²) < 4.78 is 5.34. The number of likely N-dealkylation sites (tertiary alicyclic amines) is 1. The third kappa shape index (κ3) is 3.96. The Kier molecular flexibility index (Phi) is 4.13. The molecule has 92 valence electrons. The van der Waals surface area contributed by atoms with Crippen molar-refractivity contribution < 1.29 is 9.53 Å². The Balaban J connectivity index is 2.57. The summed E-state index contributed by atoms with van der Waals surface area (Å²) in [6.07, 6.45) is 2.28. The van der Waals surface area contributed by atoms with Gasteiger partial charge in [-0.1, -0.05) is 12.2 Å². The minimum atomic E-state index is -0.451. The first-order valence-electron chi connectivity index (χ1n) is 5.57. The molecule has 1 saturated heterocycles. The monoisotopic (exact) mass is 244 g/mol. The summed E-state index contributed by atoms with van der Waals surface area (Å²) in [4.78, 5) is 14.1. The van der Waals surface area contributed by atoms with Gasteiger partial charge in [0, 0.05) is 19.0 Å². The van der Waals surface area contributed by atoms with Gasteiger partial charge in [0.25, 0.3) is 0 Å². The maximum atomic E-state index is 11.9. The molecule has 0 aromatic heterocycles. The highest BCUT2D eigenvalue weighted by Crippen LogP contribution is 2.22. The van der Waals surface area contributed by atoms with E-state index in [2.05, 4.69) is 0 Å². The smallest absolute Gasteiger partial charge is 0.410 e. The molecule has 5 heteroatoms. The van der Waals surface area contributed by atoms with Crippen LogP contribution in [-0.4, -0.2) is 34.2 Å². The number of hydrogen-bond donors (Lipinski definition) is 1. The van der Waals surface area contributed by atoms with Crippen molar-refractivity contribution in [3.05, 3.63) is 0 Å². The summed E-state index contributed by atoms with van der Waals surface area (Å²) in [5, 5.41) is 0. The van der Waals surface area contributed by atoms with Crippen LogP contribution in [0.3, 0.4) is 0 Å². The maximum Gasteiger partial charge on any atom is 0.410 e. The van der Waals surface area contributed by atoms with E-state index in [0.717, 1.165) is 19.4 Å². The number of carbonyl (C=O) groups is 1. The highest BCUT2D eigenvalue weighted by Gasteiger charge is 2.32. The first kappa shape index (κ1) is 13.2. The minimum Gasteiger partial charge on any atom is -0.444 e. The quantitative estimate of drug-likeness (QED) is 0.755. The second-order valence-electron chi connectivity index (χ2n) is 5.14. The normalized spacial score (nSPS) is 20.9. The first-order valence-corrected chi connectivity index (χ1v) is 5.98. The molecule has 0 aliphatic carbocycles. The van der Waals surface area contributed by atoms with Crippen molar-refractivity contribution in [2.75, 3.05) is 6.54 Å². The summed E-state index contributed by atoms with van der Waals surface area (Å²) in [6.45, 7) is 6.33. The van der Waals surface area contributed by atoms with Crippen molar-refractivity contribution in [3.8, 4) is 0 Å². The topological polar surface area (TPSA) is 55.6 Å². The van der Waals surface area contributed by atoms with E-state index in [9.17, 15) is 4.79 Å². The molecule has 0 bridgehead atoms. The highest BCUT2D eigenvalue weighted by atomic mass is 32.1. The molecule has 4 nitrogen and oxygen atoms in total. The summed E-state index contributed by atoms with van der Waals surface area (Å²) in [7, 11) is 0. The van der Waals surface area contributed by atoms with Crippen LogP contribution in [0.2, 0.25) is 0 Å². The number of carbonyl (C=O) groups excluding carboxylic acids is 1. The zero-order valence-corrected chi connectivity index (χ0v) is 11.0. The van der Waals surface area contributed by atoms with Crippen LogP contribution in [0.5, 0.6) is 0 Å². The van der Waals surface area contributed by atoms with Crippen molar-refractivity contribution in [2.24, 2.45) is 5.73 Å². The van der Waals surface area contributed by atoms with Crippen LogP contribution in [-0.2, 0) is 4.74 Å². The largest absolute Gasteiger partial charge is 0.444 e. The second kappa shape index (κ2) is 4.99. The molecular weight excluding hydrogens is 224 g/mol. The van der Waals surface area contributed by atoms with E-state index in [0.29, 0.717) is 11.4 Å². The Hall–Kier alpha value is -0.840. The predicted octanol–water partition coefficient (Wildman–Crippen LogP) is 2.06. The molecule has 0 unspecified atom stereocenters. The van der Waals surface area contributed by atoms with Gasteiger partial charge in [-0.25, -0.2) is 4.79 Å². The van der Waals surface area contributed by atoms with Gasteiger partial charge < -0.3 is 15.4 Å². The number of hydrogen-bond acceptors (Lipinski definition) is 3. The molecule has 0 aromatic carbocycles. The Bertz CT molecular complexity index is 286. The van der Waals surface area contributed by atoms with Gasteiger partial charge in [-0.15, -0.1) is 0 Å². The molecule has 1 aliphatic rings. The van der Waals surface area contributed by atoms with Crippen LogP contribution in [0.15, 0.2) is 0 Å². The lowest BCUT2D eigenvalue weighted by Gasteiger charge is -2.28. The van der Waals surface area contributed by atoms with E-state index in [1.807, 2.05) is 20.8 Å². The van der Waals surface area contributed by atoms with E-state index in [4.69, 9.17) is 22.7 Å². The molecule has 1 fully saturated rings. The van der Waals surface area contributed by atoms with E-state index in [1.165, 1.54) is 0 Å². The van der Waals surface area contributed by atoms with Gasteiger partial charge in [-0.3, -0.25) is 0 Å². The number of rotatable bonds is 2. The summed E-state index contributed by atoms with van der Waals surface area (Å²) >= 11 is 4.88. The van der Waals surface area contributed by atoms with Gasteiger partial charge in [0.2, 0.25) is 0 Å². The first-order chi connectivity index (χ1) is 7.29. The molecule has 0 aromatic rings. The molecule has 0 spiro atoms. The molecule has 1 rings (SSSR count). The van der Waals surface area contributed by atoms with Gasteiger partial charge >= 0.3 is 6.09 Å². The number of nitrogens with two attached hydrogens (primary N) is 1. The van der Waals surface area contributed by atoms with Crippen LogP contribution < -0.4 is 5.73 Å². The van der Waals surface area contributed by atoms with Gasteiger partial charge in [0.15, 0.2) is 0 Å². The average Bonchev–Trinajstić information content (AvgIpc) is 2.47. The van der Waals surface area contributed by atoms with E-state index < -0.39 is 5.60 Å². The Morgan fingerprint density at radius 3 is 2.69 bits per heavy atom. The van der Waals surface area contributed by atoms with E-state index >= 15 is 0 Å². The fraction of sp³-hybridized carbons (Fsp3) is 0.818. The van der Waals surface area contributed by atoms with Crippen LogP contribution in [0.25, 0.3) is 0 Å². The lowest BCUT2D eigenvalue weighted by molar-refractivity contribution is 0.0231. The van der Waals surface area contributed by atoms with Crippen molar-refractivity contribution in [1.29, 1.82) is 0 Å². The van der Waals surface area contributed by atoms with Crippen LogP contribution in [0, 0.1) is 0 Å². The number of ether oxygens (including phenoxy) is 1. The predicted molar refractivity (Wildman–Crippen MR) is 67.4 cm³/mol. The SMILES string of the molecule is CC(C)(C)OC(=O)N1CCC[C@H]1CC(N)=S. The van der Waals surface area contributed by atoms with Gasteiger partial charge in [0.1, 0.15) is 5.60 Å². The standard InChI is InChI=1S/C11H20N2O2S/c1-11(2,3)15-10(14)13-6-4-5-8(13)7-9(12)16/h8H,4-7H2,1-3H3,(H2,12,16)/t8-/m0/s1. The molecule has 2 N–H and O–H groups in total. The summed E-state index contributed by atoms with van der Waals surface area (Å²) in [6, 6.07) is 0.118. The highest BCUT2D eigenvalue weighted by molar-refractivity contribution is 7.80. The summed E-state index contributed by atoms with van der Waals surface area (Å²) in [5.41, 5.74) is 5.06. The number of nitrogens with zero attached hydrogens (tertiary/aromatic N) is 1. The van der Waals surface area contributed by atoms with Gasteiger partial charge in [0.05, 0.1) is 4.99 Å². The van der Waals surface area contributed by atoms with Crippen molar-refractivity contribution >= 4 is 23.3 Å². The molecule has 16 heavy (non-hydrogen) atoms. The maximum absolute atomic E-state index is 11.9. The van der Waals surface area contributed by atoms with Gasteiger partial charge in [-0.05, 0) is 33.6 Å². The van der Waals surface area contributed by atoms with Crippen LogP contribution in [0.1, 0.15) is 40.0 Å². The van der Waals surface area contributed by atoms with Crippen LogP contribution in [0.4, 0.5) is 4.79 Å². The molecule has 1 heterocycles. The lowest BCUT2D eigenvalue weighted by Crippen LogP contribution is -2.41. The number of amides is 1. The van der Waals surface area contributed by atoms with Crippen LogP contribution >= 0.6 is 12.2 Å². The Labute approximate surface area is 102 Å². The third-order valence-electron chi connectivity index (χ3n) is 2.44. The van der Waals surface area contributed by atoms with Crippen molar-refractivity contribution in [2.45, 2.75) is 51.7 Å². The molecule has 1 atom stereocenters.